The van der Waals surface area contributed by atoms with E-state index in [-0.39, 0.29) is 11.3 Å². The number of ether oxygens (including phenoxy) is 1. The maximum Gasteiger partial charge on any atom is 0.340 e. The maximum absolute atomic E-state index is 13.5. The highest BCUT2D eigenvalue weighted by Crippen LogP contribution is 2.40. The molecule has 7 nitrogen and oxygen atoms in total. The SMILES string of the molecule is COC(=O)c1cc(F)ccc1NC(=O)c1cc(C2CC2)nc2onc(C)c12. The van der Waals surface area contributed by atoms with Gasteiger partial charge in [-0.15, -0.1) is 0 Å². The van der Waals surface area contributed by atoms with E-state index in [1.165, 1.54) is 13.2 Å². The summed E-state index contributed by atoms with van der Waals surface area (Å²) in [7, 11) is 1.19. The van der Waals surface area contributed by atoms with Crippen molar-refractivity contribution in [2.75, 3.05) is 12.4 Å². The van der Waals surface area contributed by atoms with Crippen LogP contribution in [-0.4, -0.2) is 29.1 Å². The van der Waals surface area contributed by atoms with E-state index >= 15 is 0 Å². The van der Waals surface area contributed by atoms with Gasteiger partial charge in [0.15, 0.2) is 0 Å². The molecule has 1 aliphatic carbocycles. The number of anilines is 1. The predicted molar refractivity (Wildman–Crippen MR) is 94.2 cm³/mol. The van der Waals surface area contributed by atoms with Crippen molar-refractivity contribution in [3.63, 3.8) is 0 Å². The molecule has 3 aromatic rings. The van der Waals surface area contributed by atoms with E-state index in [2.05, 4.69) is 20.2 Å². The van der Waals surface area contributed by atoms with Crippen LogP contribution in [0.2, 0.25) is 0 Å². The van der Waals surface area contributed by atoms with Crippen molar-refractivity contribution in [1.29, 1.82) is 0 Å². The average Bonchev–Trinajstić information content (AvgIpc) is 3.45. The van der Waals surface area contributed by atoms with Gasteiger partial charge in [0.1, 0.15) is 5.82 Å². The van der Waals surface area contributed by atoms with Gasteiger partial charge in [0.2, 0.25) is 0 Å². The quantitative estimate of drug-likeness (QED) is 0.707. The summed E-state index contributed by atoms with van der Waals surface area (Å²) in [4.78, 5) is 29.3. The van der Waals surface area contributed by atoms with Crippen molar-refractivity contribution in [2.45, 2.75) is 25.7 Å². The van der Waals surface area contributed by atoms with Gasteiger partial charge < -0.3 is 14.6 Å². The van der Waals surface area contributed by atoms with Gasteiger partial charge >= 0.3 is 5.97 Å². The van der Waals surface area contributed by atoms with Gasteiger partial charge in [0, 0.05) is 11.6 Å². The normalized spacial score (nSPS) is 13.6. The topological polar surface area (TPSA) is 94.3 Å². The highest BCUT2D eigenvalue weighted by molar-refractivity contribution is 6.14. The zero-order valence-electron chi connectivity index (χ0n) is 14.7. The first-order valence-electron chi connectivity index (χ1n) is 8.44. The molecule has 0 bridgehead atoms. The monoisotopic (exact) mass is 369 g/mol. The van der Waals surface area contributed by atoms with Gasteiger partial charge in [-0.2, -0.15) is 0 Å². The van der Waals surface area contributed by atoms with Gasteiger partial charge in [-0.1, -0.05) is 5.16 Å². The summed E-state index contributed by atoms with van der Waals surface area (Å²) in [6, 6.07) is 5.22. The van der Waals surface area contributed by atoms with E-state index in [0.29, 0.717) is 28.3 Å². The van der Waals surface area contributed by atoms with Gasteiger partial charge in [0.25, 0.3) is 11.6 Å². The van der Waals surface area contributed by atoms with E-state index in [1.54, 1.807) is 13.0 Å². The van der Waals surface area contributed by atoms with Crippen LogP contribution in [0.4, 0.5) is 10.1 Å². The fourth-order valence-electron chi connectivity index (χ4n) is 2.98. The number of nitrogens with one attached hydrogen (secondary N) is 1. The molecule has 2 aromatic heterocycles. The molecule has 2 heterocycles. The number of carbonyl (C=O) groups is 2. The van der Waals surface area contributed by atoms with Crippen LogP contribution >= 0.6 is 0 Å². The smallest absolute Gasteiger partial charge is 0.340 e. The summed E-state index contributed by atoms with van der Waals surface area (Å²) in [5.41, 5.74) is 2.05. The minimum Gasteiger partial charge on any atom is -0.465 e. The Morgan fingerprint density at radius 3 is 2.74 bits per heavy atom. The molecule has 0 aliphatic heterocycles. The lowest BCUT2D eigenvalue weighted by atomic mass is 10.1. The molecule has 1 aliphatic rings. The van der Waals surface area contributed by atoms with Crippen LogP contribution in [-0.2, 0) is 4.74 Å². The highest BCUT2D eigenvalue weighted by atomic mass is 19.1. The number of halogens is 1. The molecule has 0 spiro atoms. The Hall–Kier alpha value is -3.29. The fourth-order valence-corrected chi connectivity index (χ4v) is 2.98. The number of methoxy groups -OCH3 is 1. The number of amides is 1. The summed E-state index contributed by atoms with van der Waals surface area (Å²) in [6.07, 6.45) is 2.02. The van der Waals surface area contributed by atoms with Gasteiger partial charge in [-0.25, -0.2) is 14.2 Å². The molecule has 0 unspecified atom stereocenters. The molecule has 0 atom stereocenters. The van der Waals surface area contributed by atoms with Crippen molar-refractivity contribution in [3.8, 4) is 0 Å². The summed E-state index contributed by atoms with van der Waals surface area (Å²) in [5.74, 6) is -1.51. The number of benzene rings is 1. The molecule has 1 fully saturated rings. The zero-order chi connectivity index (χ0) is 19.1. The third kappa shape index (κ3) is 3.14. The molecular formula is C19H16FN3O4. The Bertz CT molecular complexity index is 1070. The first kappa shape index (κ1) is 17.1. The van der Waals surface area contributed by atoms with Crippen molar-refractivity contribution >= 4 is 28.7 Å². The van der Waals surface area contributed by atoms with Crippen LogP contribution in [0.15, 0.2) is 28.8 Å². The average molecular weight is 369 g/mol. The Labute approximate surface area is 153 Å². The van der Waals surface area contributed by atoms with E-state index in [9.17, 15) is 14.0 Å². The Morgan fingerprint density at radius 1 is 1.26 bits per heavy atom. The van der Waals surface area contributed by atoms with Crippen molar-refractivity contribution in [3.05, 3.63) is 52.6 Å². The molecule has 1 N–H and O–H groups in total. The van der Waals surface area contributed by atoms with Crippen molar-refractivity contribution in [1.82, 2.24) is 10.1 Å². The number of hydrogen-bond donors (Lipinski definition) is 1. The van der Waals surface area contributed by atoms with Crippen LogP contribution in [0, 0.1) is 12.7 Å². The predicted octanol–water partition coefficient (Wildman–Crippen LogP) is 3.59. The number of hydrogen-bond acceptors (Lipinski definition) is 6. The second-order valence-electron chi connectivity index (χ2n) is 6.45. The number of fused-ring (bicyclic) bond motifs is 1. The van der Waals surface area contributed by atoms with Crippen molar-refractivity contribution < 1.29 is 23.2 Å². The molecule has 0 saturated heterocycles. The number of rotatable bonds is 4. The Morgan fingerprint density at radius 2 is 2.04 bits per heavy atom. The molecule has 1 saturated carbocycles. The van der Waals surface area contributed by atoms with E-state index in [1.807, 2.05) is 0 Å². The van der Waals surface area contributed by atoms with E-state index < -0.39 is 17.7 Å². The third-order valence-electron chi connectivity index (χ3n) is 4.51. The third-order valence-corrected chi connectivity index (χ3v) is 4.51. The number of esters is 1. The number of carbonyl (C=O) groups excluding carboxylic acids is 2. The summed E-state index contributed by atoms with van der Waals surface area (Å²) < 4.78 is 23.4. The maximum atomic E-state index is 13.5. The summed E-state index contributed by atoms with van der Waals surface area (Å²) in [5, 5.41) is 7.07. The van der Waals surface area contributed by atoms with E-state index in [4.69, 9.17) is 4.52 Å². The Balaban J connectivity index is 1.76. The molecule has 8 heteroatoms. The molecular weight excluding hydrogens is 353 g/mol. The lowest BCUT2D eigenvalue weighted by Crippen LogP contribution is -2.16. The molecule has 138 valence electrons. The second kappa shape index (κ2) is 6.46. The first-order valence-corrected chi connectivity index (χ1v) is 8.44. The summed E-state index contributed by atoms with van der Waals surface area (Å²) >= 11 is 0. The standard InChI is InChI=1S/C19H16FN3O4/c1-9-16-13(8-15(10-3-4-10)22-18(16)27-23-9)17(24)21-14-6-5-11(20)7-12(14)19(25)26-2/h5-8,10H,3-4H2,1-2H3,(H,21,24). The number of aromatic nitrogens is 2. The van der Waals surface area contributed by atoms with Gasteiger partial charge in [-0.3, -0.25) is 4.79 Å². The molecule has 1 amide bonds. The highest BCUT2D eigenvalue weighted by Gasteiger charge is 2.29. The van der Waals surface area contributed by atoms with Crippen molar-refractivity contribution in [2.24, 2.45) is 0 Å². The minimum absolute atomic E-state index is 0.0689. The molecule has 0 radical (unpaired) electrons. The fraction of sp³-hybridized carbons (Fsp3) is 0.263. The Kier molecular flexibility index (Phi) is 4.10. The lowest BCUT2D eigenvalue weighted by Gasteiger charge is -2.11. The van der Waals surface area contributed by atoms with Crippen LogP contribution < -0.4 is 5.32 Å². The number of nitrogens with zero attached hydrogens (tertiary/aromatic N) is 2. The largest absolute Gasteiger partial charge is 0.465 e. The first-order chi connectivity index (χ1) is 13.0. The lowest BCUT2D eigenvalue weighted by molar-refractivity contribution is 0.0601. The van der Waals surface area contributed by atoms with Crippen LogP contribution in [0.3, 0.4) is 0 Å². The molecule has 4 rings (SSSR count). The second-order valence-corrected chi connectivity index (χ2v) is 6.45. The number of pyridine rings is 1. The zero-order valence-corrected chi connectivity index (χ0v) is 14.7. The van der Waals surface area contributed by atoms with E-state index in [0.717, 1.165) is 30.7 Å². The van der Waals surface area contributed by atoms with Gasteiger partial charge in [-0.05, 0) is 44.0 Å². The molecule has 27 heavy (non-hydrogen) atoms. The van der Waals surface area contributed by atoms with Crippen LogP contribution in [0.1, 0.15) is 50.9 Å². The summed E-state index contributed by atoms with van der Waals surface area (Å²) in [6.45, 7) is 1.72. The van der Waals surface area contributed by atoms with Crippen LogP contribution in [0.25, 0.3) is 11.1 Å². The molecule has 1 aromatic carbocycles. The van der Waals surface area contributed by atoms with Crippen LogP contribution in [0.5, 0.6) is 0 Å². The van der Waals surface area contributed by atoms with Gasteiger partial charge in [0.05, 0.1) is 35.0 Å². The minimum atomic E-state index is -0.746. The number of aryl methyl sites for hydroxylation is 1.